The fraction of sp³-hybridized carbons (Fsp3) is 0.417. The van der Waals surface area contributed by atoms with Crippen molar-refractivity contribution in [2.45, 2.75) is 24.7 Å². The number of halogens is 2. The molecule has 0 N–H and O–H groups in total. The van der Waals surface area contributed by atoms with Crippen molar-refractivity contribution in [3.8, 4) is 6.07 Å². The molecule has 0 aromatic heterocycles. The lowest BCUT2D eigenvalue weighted by molar-refractivity contribution is 0.701. The van der Waals surface area contributed by atoms with E-state index in [9.17, 15) is 0 Å². The maximum Gasteiger partial charge on any atom is 0.0643 e. The number of benzene rings is 1. The smallest absolute Gasteiger partial charge is 0.0643 e. The van der Waals surface area contributed by atoms with E-state index in [1.165, 1.54) is 5.56 Å². The molecule has 0 radical (unpaired) electrons. The molecule has 0 aliphatic carbocycles. The molecule has 1 rings (SSSR count). The van der Waals surface area contributed by atoms with E-state index in [0.717, 1.165) is 15.5 Å². The first-order valence-electron chi connectivity index (χ1n) is 5.04. The summed E-state index contributed by atoms with van der Waals surface area (Å²) in [5.41, 5.74) is 2.35. The van der Waals surface area contributed by atoms with Gasteiger partial charge in [-0.1, -0.05) is 22.0 Å². The summed E-state index contributed by atoms with van der Waals surface area (Å²) >= 11 is 6.99. The molecule has 1 aromatic carbocycles. The van der Waals surface area contributed by atoms with Crippen LogP contribution in [0.25, 0.3) is 0 Å². The molecule has 0 heterocycles. The zero-order valence-electron chi connectivity index (χ0n) is 9.37. The predicted octanol–water partition coefficient (Wildman–Crippen LogP) is 4.08. The predicted molar refractivity (Wildman–Crippen MR) is 74.9 cm³/mol. The summed E-state index contributed by atoms with van der Waals surface area (Å²) in [5, 5.41) is 9.54. The van der Waals surface area contributed by atoms with Crippen molar-refractivity contribution in [2.75, 3.05) is 11.9 Å². The third kappa shape index (κ3) is 3.23. The van der Waals surface area contributed by atoms with Crippen LogP contribution in [0.1, 0.15) is 18.9 Å². The number of hydrogen-bond donors (Lipinski definition) is 0. The highest BCUT2D eigenvalue weighted by atomic mass is 79.9. The molecule has 2 nitrogen and oxygen atoms in total. The van der Waals surface area contributed by atoms with E-state index in [1.54, 1.807) is 0 Å². The van der Waals surface area contributed by atoms with Crippen molar-refractivity contribution in [2.24, 2.45) is 0 Å². The summed E-state index contributed by atoms with van der Waals surface area (Å²) in [5.74, 6) is 0. The van der Waals surface area contributed by atoms with Crippen LogP contribution in [0.15, 0.2) is 22.7 Å². The Kier molecular flexibility index (Phi) is 5.30. The molecule has 16 heavy (non-hydrogen) atoms. The van der Waals surface area contributed by atoms with Gasteiger partial charge in [0.25, 0.3) is 0 Å². The number of nitriles is 1. The largest absolute Gasteiger partial charge is 0.370 e. The van der Waals surface area contributed by atoms with E-state index in [-0.39, 0.29) is 6.04 Å². The molecular formula is C12H14Br2N2. The van der Waals surface area contributed by atoms with Gasteiger partial charge in [-0.25, -0.2) is 0 Å². The highest BCUT2D eigenvalue weighted by Gasteiger charge is 2.12. The monoisotopic (exact) mass is 344 g/mol. The van der Waals surface area contributed by atoms with Crippen LogP contribution < -0.4 is 4.90 Å². The number of alkyl halides is 1. The first-order valence-corrected chi connectivity index (χ1v) is 6.95. The number of rotatable bonds is 4. The molecule has 86 valence electrons. The molecule has 0 bridgehead atoms. The van der Waals surface area contributed by atoms with Gasteiger partial charge in [0.05, 0.1) is 18.2 Å². The summed E-state index contributed by atoms with van der Waals surface area (Å²) in [6.07, 6.45) is 0.531. The lowest BCUT2D eigenvalue weighted by atomic mass is 10.1. The molecule has 0 aliphatic heterocycles. The van der Waals surface area contributed by atoms with E-state index in [1.807, 2.05) is 14.0 Å². The number of hydrogen-bond acceptors (Lipinski definition) is 2. The van der Waals surface area contributed by atoms with Gasteiger partial charge in [0.2, 0.25) is 0 Å². The van der Waals surface area contributed by atoms with Crippen molar-refractivity contribution in [3.05, 3.63) is 28.2 Å². The lowest BCUT2D eigenvalue weighted by Gasteiger charge is -2.26. The second-order valence-corrected chi connectivity index (χ2v) is 5.16. The zero-order chi connectivity index (χ0) is 12.1. The van der Waals surface area contributed by atoms with E-state index in [0.29, 0.717) is 6.42 Å². The van der Waals surface area contributed by atoms with Crippen molar-refractivity contribution in [3.63, 3.8) is 0 Å². The SMILES string of the molecule is CC(CC#N)N(C)c1ccc(CBr)cc1Br. The zero-order valence-corrected chi connectivity index (χ0v) is 12.5. The Hall–Kier alpha value is -0.530. The standard InChI is InChI=1S/C12H14Br2N2/c1-9(5-6-15)16(2)12-4-3-10(8-13)7-11(12)14/h3-4,7,9H,5,8H2,1-2H3. The Morgan fingerprint density at radius 3 is 2.69 bits per heavy atom. The molecule has 0 aliphatic rings. The summed E-state index contributed by atoms with van der Waals surface area (Å²) < 4.78 is 1.07. The van der Waals surface area contributed by atoms with Gasteiger partial charge in [-0.15, -0.1) is 0 Å². The van der Waals surface area contributed by atoms with Crippen LogP contribution in [-0.2, 0) is 5.33 Å². The topological polar surface area (TPSA) is 27.0 Å². The molecule has 4 heteroatoms. The first-order chi connectivity index (χ1) is 7.60. The molecule has 1 atom stereocenters. The summed E-state index contributed by atoms with van der Waals surface area (Å²) in [6, 6.07) is 8.68. The first kappa shape index (κ1) is 13.5. The second kappa shape index (κ2) is 6.27. The Bertz CT molecular complexity index is 398. The van der Waals surface area contributed by atoms with Crippen LogP contribution >= 0.6 is 31.9 Å². The second-order valence-electron chi connectivity index (χ2n) is 3.74. The van der Waals surface area contributed by atoms with Crippen LogP contribution in [0, 0.1) is 11.3 Å². The third-order valence-corrected chi connectivity index (χ3v) is 3.88. The highest BCUT2D eigenvalue weighted by molar-refractivity contribution is 9.10. The van der Waals surface area contributed by atoms with Crippen LogP contribution in [0.5, 0.6) is 0 Å². The number of anilines is 1. The lowest BCUT2D eigenvalue weighted by Crippen LogP contribution is -2.28. The van der Waals surface area contributed by atoms with Crippen molar-refractivity contribution in [1.29, 1.82) is 5.26 Å². The van der Waals surface area contributed by atoms with Crippen LogP contribution in [-0.4, -0.2) is 13.1 Å². The van der Waals surface area contributed by atoms with Gasteiger partial charge in [-0.05, 0) is 40.5 Å². The normalized spacial score (nSPS) is 11.9. The summed E-state index contributed by atoms with van der Waals surface area (Å²) in [4.78, 5) is 2.12. The van der Waals surface area contributed by atoms with E-state index >= 15 is 0 Å². The van der Waals surface area contributed by atoms with Gasteiger partial charge >= 0.3 is 0 Å². The van der Waals surface area contributed by atoms with Gasteiger partial charge in [0, 0.05) is 22.9 Å². The average molecular weight is 346 g/mol. The van der Waals surface area contributed by atoms with Crippen molar-refractivity contribution < 1.29 is 0 Å². The minimum Gasteiger partial charge on any atom is -0.370 e. The van der Waals surface area contributed by atoms with Gasteiger partial charge < -0.3 is 4.90 Å². The van der Waals surface area contributed by atoms with Gasteiger partial charge in [0.1, 0.15) is 0 Å². The maximum absolute atomic E-state index is 8.69. The molecule has 0 fully saturated rings. The molecule has 1 aromatic rings. The Labute approximate surface area is 114 Å². The third-order valence-electron chi connectivity index (χ3n) is 2.59. The van der Waals surface area contributed by atoms with Gasteiger partial charge in [-0.3, -0.25) is 0 Å². The van der Waals surface area contributed by atoms with E-state index in [2.05, 4.69) is 61.0 Å². The molecule has 0 saturated carbocycles. The highest BCUT2D eigenvalue weighted by Crippen LogP contribution is 2.28. The number of nitrogens with zero attached hydrogens (tertiary/aromatic N) is 2. The van der Waals surface area contributed by atoms with Crippen LogP contribution in [0.4, 0.5) is 5.69 Å². The molecule has 0 spiro atoms. The Morgan fingerprint density at radius 2 is 2.19 bits per heavy atom. The van der Waals surface area contributed by atoms with Crippen molar-refractivity contribution >= 4 is 37.5 Å². The van der Waals surface area contributed by atoms with Gasteiger partial charge in [-0.2, -0.15) is 5.26 Å². The molecule has 0 amide bonds. The van der Waals surface area contributed by atoms with E-state index < -0.39 is 0 Å². The maximum atomic E-state index is 8.69. The van der Waals surface area contributed by atoms with Crippen LogP contribution in [0.3, 0.4) is 0 Å². The average Bonchev–Trinajstić information content (AvgIpc) is 2.28. The van der Waals surface area contributed by atoms with E-state index in [4.69, 9.17) is 5.26 Å². The fourth-order valence-corrected chi connectivity index (χ4v) is 2.48. The molecule has 0 saturated heterocycles. The van der Waals surface area contributed by atoms with Gasteiger partial charge in [0.15, 0.2) is 0 Å². The summed E-state index contributed by atoms with van der Waals surface area (Å²) in [6.45, 7) is 2.05. The minimum absolute atomic E-state index is 0.219. The molecule has 1 unspecified atom stereocenters. The Morgan fingerprint density at radius 1 is 1.50 bits per heavy atom. The summed E-state index contributed by atoms with van der Waals surface area (Å²) in [7, 11) is 2.01. The van der Waals surface area contributed by atoms with Crippen LogP contribution in [0.2, 0.25) is 0 Å². The minimum atomic E-state index is 0.219. The fourth-order valence-electron chi connectivity index (χ4n) is 1.43. The quantitative estimate of drug-likeness (QED) is 0.769. The molecular weight excluding hydrogens is 332 g/mol. The Balaban J connectivity index is 2.92. The van der Waals surface area contributed by atoms with Crippen molar-refractivity contribution in [1.82, 2.24) is 0 Å².